The van der Waals surface area contributed by atoms with Crippen LogP contribution in [0.5, 0.6) is 0 Å². The normalized spacial score (nSPS) is 10.3. The number of halogens is 1. The van der Waals surface area contributed by atoms with Gasteiger partial charge in [-0.15, -0.1) is 0 Å². The first-order chi connectivity index (χ1) is 9.52. The number of carbonyl (C=O) groups excluding carboxylic acids is 1. The van der Waals surface area contributed by atoms with Crippen molar-refractivity contribution in [3.05, 3.63) is 52.0 Å². The van der Waals surface area contributed by atoms with E-state index in [4.69, 9.17) is 11.5 Å². The van der Waals surface area contributed by atoms with Crippen molar-refractivity contribution in [2.75, 3.05) is 11.1 Å². The lowest BCUT2D eigenvalue weighted by Crippen LogP contribution is -2.14. The molecule has 0 saturated carbocycles. The van der Waals surface area contributed by atoms with E-state index in [-0.39, 0.29) is 0 Å². The van der Waals surface area contributed by atoms with Gasteiger partial charge in [-0.05, 0) is 42.3 Å². The van der Waals surface area contributed by atoms with Gasteiger partial charge in [0, 0.05) is 10.2 Å². The highest BCUT2D eigenvalue weighted by molar-refractivity contribution is 9.10. The van der Waals surface area contributed by atoms with Gasteiger partial charge in [0.2, 0.25) is 0 Å². The monoisotopic (exact) mass is 333 g/mol. The van der Waals surface area contributed by atoms with Crippen LogP contribution >= 0.6 is 15.9 Å². The first-order valence-electron chi connectivity index (χ1n) is 6.26. The molecule has 4 nitrogen and oxygen atoms in total. The molecule has 0 radical (unpaired) electrons. The van der Waals surface area contributed by atoms with Crippen molar-refractivity contribution in [3.8, 4) is 0 Å². The van der Waals surface area contributed by atoms with Crippen LogP contribution in [0.4, 0.5) is 17.1 Å². The van der Waals surface area contributed by atoms with Crippen molar-refractivity contribution in [2.45, 2.75) is 13.3 Å². The second-order valence-electron chi connectivity index (χ2n) is 4.41. The van der Waals surface area contributed by atoms with Crippen LogP contribution in [0.15, 0.2) is 40.9 Å². The van der Waals surface area contributed by atoms with Gasteiger partial charge in [0.25, 0.3) is 5.91 Å². The molecule has 0 aliphatic heterocycles. The quantitative estimate of drug-likeness (QED) is 0.749. The first kappa shape index (κ1) is 14.4. The van der Waals surface area contributed by atoms with Crippen molar-refractivity contribution < 1.29 is 4.79 Å². The van der Waals surface area contributed by atoms with Crippen molar-refractivity contribution in [1.29, 1.82) is 0 Å². The van der Waals surface area contributed by atoms with E-state index in [1.54, 1.807) is 18.2 Å². The average Bonchev–Trinajstić information content (AvgIpc) is 2.42. The zero-order chi connectivity index (χ0) is 14.7. The molecule has 5 N–H and O–H groups in total. The molecule has 0 heterocycles. The summed E-state index contributed by atoms with van der Waals surface area (Å²) in [6.07, 6.45) is 0.862. The molecular formula is C15H16BrN3O. The summed E-state index contributed by atoms with van der Waals surface area (Å²) in [5.41, 5.74) is 14.8. The minimum Gasteiger partial charge on any atom is -0.397 e. The van der Waals surface area contributed by atoms with Crippen LogP contribution in [0, 0.1) is 0 Å². The summed E-state index contributed by atoms with van der Waals surface area (Å²) in [6, 6.07) is 11.0. The lowest BCUT2D eigenvalue weighted by molar-refractivity contribution is 0.100. The van der Waals surface area contributed by atoms with E-state index in [1.165, 1.54) is 0 Å². The third-order valence-corrected chi connectivity index (χ3v) is 3.56. The second kappa shape index (κ2) is 5.96. The molecule has 2 rings (SSSR count). The molecule has 0 fully saturated rings. The number of benzene rings is 2. The van der Waals surface area contributed by atoms with Gasteiger partial charge in [-0.3, -0.25) is 4.79 Å². The largest absolute Gasteiger partial charge is 0.397 e. The van der Waals surface area contributed by atoms with E-state index in [0.29, 0.717) is 16.9 Å². The van der Waals surface area contributed by atoms with Gasteiger partial charge in [-0.25, -0.2) is 0 Å². The number of hydrogen-bond donors (Lipinski definition) is 3. The molecule has 104 valence electrons. The molecule has 0 spiro atoms. The second-order valence-corrected chi connectivity index (χ2v) is 5.33. The number of rotatable bonds is 4. The minimum atomic E-state index is -0.505. The van der Waals surface area contributed by atoms with Crippen LogP contribution in [-0.2, 0) is 6.42 Å². The number of carbonyl (C=O) groups is 1. The number of primary amides is 1. The number of anilines is 3. The molecule has 0 aliphatic rings. The Labute approximate surface area is 126 Å². The van der Waals surface area contributed by atoms with Crippen molar-refractivity contribution in [1.82, 2.24) is 0 Å². The summed E-state index contributed by atoms with van der Waals surface area (Å²) >= 11 is 3.45. The van der Waals surface area contributed by atoms with Crippen LogP contribution < -0.4 is 16.8 Å². The van der Waals surface area contributed by atoms with Crippen LogP contribution in [0.2, 0.25) is 0 Å². The lowest BCUT2D eigenvalue weighted by atomic mass is 10.1. The van der Waals surface area contributed by atoms with E-state index in [1.807, 2.05) is 18.2 Å². The Kier molecular flexibility index (Phi) is 4.29. The highest BCUT2D eigenvalue weighted by Gasteiger charge is 2.12. The summed E-state index contributed by atoms with van der Waals surface area (Å²) in [5, 5.41) is 3.22. The smallest absolute Gasteiger partial charge is 0.250 e. The first-order valence-corrected chi connectivity index (χ1v) is 7.06. The Morgan fingerprint density at radius 3 is 2.70 bits per heavy atom. The molecule has 0 saturated heterocycles. The number of para-hydroxylation sites is 1. The maximum atomic E-state index is 11.5. The molecule has 0 atom stereocenters. The van der Waals surface area contributed by atoms with Gasteiger partial charge < -0.3 is 16.8 Å². The average molecular weight is 334 g/mol. The van der Waals surface area contributed by atoms with Crippen molar-refractivity contribution in [2.24, 2.45) is 5.73 Å². The number of nitrogens with one attached hydrogen (secondary N) is 1. The summed E-state index contributed by atoms with van der Waals surface area (Å²) in [5.74, 6) is -0.505. The SMILES string of the molecule is CCc1cc(Br)ccc1Nc1c(N)cccc1C(N)=O. The predicted octanol–water partition coefficient (Wildman–Crippen LogP) is 3.44. The fourth-order valence-corrected chi connectivity index (χ4v) is 2.43. The lowest BCUT2D eigenvalue weighted by Gasteiger charge is -2.15. The van der Waals surface area contributed by atoms with Gasteiger partial charge in [0.05, 0.1) is 16.9 Å². The summed E-state index contributed by atoms with van der Waals surface area (Å²) < 4.78 is 1.01. The van der Waals surface area contributed by atoms with Crippen LogP contribution in [0.25, 0.3) is 0 Å². The molecule has 1 amide bonds. The highest BCUT2D eigenvalue weighted by atomic mass is 79.9. The minimum absolute atomic E-state index is 0.384. The van der Waals surface area contributed by atoms with E-state index >= 15 is 0 Å². The summed E-state index contributed by atoms with van der Waals surface area (Å²) in [6.45, 7) is 2.07. The third kappa shape index (κ3) is 2.93. The zero-order valence-corrected chi connectivity index (χ0v) is 12.7. The summed E-state index contributed by atoms with van der Waals surface area (Å²) in [4.78, 5) is 11.5. The van der Waals surface area contributed by atoms with Crippen LogP contribution in [0.1, 0.15) is 22.8 Å². The Balaban J connectivity index is 2.47. The molecule has 0 aromatic heterocycles. The molecule has 0 aliphatic carbocycles. The summed E-state index contributed by atoms with van der Waals surface area (Å²) in [7, 11) is 0. The topological polar surface area (TPSA) is 81.1 Å². The van der Waals surface area contributed by atoms with Gasteiger partial charge in [-0.1, -0.05) is 28.9 Å². The van der Waals surface area contributed by atoms with Crippen LogP contribution in [-0.4, -0.2) is 5.91 Å². The Bertz CT molecular complexity index is 656. The molecule has 2 aromatic carbocycles. The van der Waals surface area contributed by atoms with E-state index < -0.39 is 5.91 Å². The number of nitrogens with two attached hydrogens (primary N) is 2. The Morgan fingerprint density at radius 1 is 1.30 bits per heavy atom. The van der Waals surface area contributed by atoms with Gasteiger partial charge in [0.1, 0.15) is 0 Å². The number of aryl methyl sites for hydroxylation is 1. The molecule has 20 heavy (non-hydrogen) atoms. The predicted molar refractivity (Wildman–Crippen MR) is 86.2 cm³/mol. The van der Waals surface area contributed by atoms with Crippen molar-refractivity contribution >= 4 is 38.9 Å². The molecular weight excluding hydrogens is 318 g/mol. The van der Waals surface area contributed by atoms with Gasteiger partial charge in [-0.2, -0.15) is 0 Å². The molecule has 2 aromatic rings. The number of amides is 1. The molecule has 0 unspecified atom stereocenters. The number of hydrogen-bond acceptors (Lipinski definition) is 3. The van der Waals surface area contributed by atoms with E-state index in [9.17, 15) is 4.79 Å². The zero-order valence-electron chi connectivity index (χ0n) is 11.1. The molecule has 0 bridgehead atoms. The van der Waals surface area contributed by atoms with Gasteiger partial charge in [0.15, 0.2) is 0 Å². The highest BCUT2D eigenvalue weighted by Crippen LogP contribution is 2.30. The van der Waals surface area contributed by atoms with E-state index in [2.05, 4.69) is 28.2 Å². The van der Waals surface area contributed by atoms with E-state index in [0.717, 1.165) is 22.1 Å². The maximum absolute atomic E-state index is 11.5. The Morgan fingerprint density at radius 2 is 2.05 bits per heavy atom. The fraction of sp³-hybridized carbons (Fsp3) is 0.133. The third-order valence-electron chi connectivity index (χ3n) is 3.07. The Hall–Kier alpha value is -2.01. The van der Waals surface area contributed by atoms with Gasteiger partial charge >= 0.3 is 0 Å². The van der Waals surface area contributed by atoms with Crippen LogP contribution in [0.3, 0.4) is 0 Å². The number of nitrogen functional groups attached to an aromatic ring is 1. The maximum Gasteiger partial charge on any atom is 0.250 e. The standard InChI is InChI=1S/C15H16BrN3O/c1-2-9-8-10(16)6-7-13(9)19-14-11(15(18)20)4-3-5-12(14)17/h3-8,19H,2,17H2,1H3,(H2,18,20). The van der Waals surface area contributed by atoms with Crippen molar-refractivity contribution in [3.63, 3.8) is 0 Å². The molecule has 5 heteroatoms. The fourth-order valence-electron chi connectivity index (χ4n) is 2.03.